The second-order valence-corrected chi connectivity index (χ2v) is 7.32. The normalized spacial score (nSPS) is 11.1. The number of hydrazone groups is 2. The lowest BCUT2D eigenvalue weighted by Gasteiger charge is -2.02. The molecule has 4 N–H and O–H groups in total. The quantitative estimate of drug-likeness (QED) is 0.337. The van der Waals surface area contributed by atoms with Crippen molar-refractivity contribution in [2.75, 3.05) is 0 Å². The molecule has 0 saturated carbocycles. The molecule has 0 spiro atoms. The van der Waals surface area contributed by atoms with Gasteiger partial charge in [-0.05, 0) is 36.4 Å². The lowest BCUT2D eigenvalue weighted by Crippen LogP contribution is -2.22. The molecule has 8 nitrogen and oxygen atoms in total. The number of benzene rings is 2. The highest BCUT2D eigenvalue weighted by atomic mass is 79.9. The van der Waals surface area contributed by atoms with Gasteiger partial charge in [0.05, 0.1) is 12.4 Å². The van der Waals surface area contributed by atoms with Crippen molar-refractivity contribution in [2.24, 2.45) is 10.2 Å². The van der Waals surface area contributed by atoms with E-state index < -0.39 is 11.8 Å². The van der Waals surface area contributed by atoms with Crippen LogP contribution in [0.4, 0.5) is 0 Å². The topological polar surface area (TPSA) is 123 Å². The van der Waals surface area contributed by atoms with Crippen molar-refractivity contribution in [2.45, 2.75) is 12.8 Å². The fraction of sp³-hybridized carbons (Fsp3) is 0.111. The summed E-state index contributed by atoms with van der Waals surface area (Å²) in [4.78, 5) is 23.4. The van der Waals surface area contributed by atoms with Crippen molar-refractivity contribution in [3.8, 4) is 11.5 Å². The fourth-order valence-electron chi connectivity index (χ4n) is 1.94. The van der Waals surface area contributed by atoms with Crippen molar-refractivity contribution in [3.63, 3.8) is 0 Å². The van der Waals surface area contributed by atoms with E-state index in [1.807, 2.05) is 0 Å². The summed E-state index contributed by atoms with van der Waals surface area (Å²) in [7, 11) is 0. The molecule has 0 atom stereocenters. The van der Waals surface area contributed by atoms with E-state index in [4.69, 9.17) is 0 Å². The average molecular weight is 512 g/mol. The van der Waals surface area contributed by atoms with Crippen molar-refractivity contribution in [1.82, 2.24) is 10.9 Å². The van der Waals surface area contributed by atoms with Crippen LogP contribution in [0.15, 0.2) is 55.5 Å². The first-order valence-electron chi connectivity index (χ1n) is 7.96. The Morgan fingerprint density at radius 2 is 1.21 bits per heavy atom. The van der Waals surface area contributed by atoms with Gasteiger partial charge in [-0.1, -0.05) is 31.9 Å². The molecule has 0 radical (unpaired) electrons. The van der Waals surface area contributed by atoms with Crippen LogP contribution in [0.2, 0.25) is 0 Å². The summed E-state index contributed by atoms with van der Waals surface area (Å²) in [6.07, 6.45) is 2.41. The molecule has 146 valence electrons. The highest BCUT2D eigenvalue weighted by Gasteiger charge is 2.06. The van der Waals surface area contributed by atoms with E-state index in [1.54, 1.807) is 24.3 Å². The van der Waals surface area contributed by atoms with Gasteiger partial charge < -0.3 is 10.2 Å². The molecule has 28 heavy (non-hydrogen) atoms. The Kier molecular flexibility index (Phi) is 8.15. The van der Waals surface area contributed by atoms with Gasteiger partial charge in [0.25, 0.3) is 0 Å². The molecule has 2 amide bonds. The Balaban J connectivity index is 1.75. The van der Waals surface area contributed by atoms with Gasteiger partial charge in [0, 0.05) is 32.9 Å². The number of phenolic OH excluding ortho intramolecular Hbond substituents is 2. The maximum atomic E-state index is 11.7. The van der Waals surface area contributed by atoms with Gasteiger partial charge in [-0.3, -0.25) is 9.59 Å². The van der Waals surface area contributed by atoms with Crippen LogP contribution >= 0.6 is 31.9 Å². The first-order chi connectivity index (χ1) is 13.3. The van der Waals surface area contributed by atoms with Gasteiger partial charge in [0.15, 0.2) is 0 Å². The molecule has 0 unspecified atom stereocenters. The average Bonchev–Trinajstić information content (AvgIpc) is 2.65. The molecule has 0 bridgehead atoms. The molecule has 0 aliphatic carbocycles. The summed E-state index contributed by atoms with van der Waals surface area (Å²) in [5, 5.41) is 26.8. The SMILES string of the molecule is O=C(CCC(=O)N/N=C/c1cc(Br)ccc1O)N/N=C/c1cc(Br)ccc1O. The lowest BCUT2D eigenvalue weighted by molar-refractivity contribution is -0.126. The number of amides is 2. The number of nitrogens with zero attached hydrogens (tertiary/aromatic N) is 2. The summed E-state index contributed by atoms with van der Waals surface area (Å²) in [5.74, 6) is -0.881. The van der Waals surface area contributed by atoms with Crippen LogP contribution in [-0.4, -0.2) is 34.5 Å². The zero-order valence-electron chi connectivity index (χ0n) is 14.4. The predicted octanol–water partition coefficient (Wildman–Crippen LogP) is 3.00. The number of aromatic hydroxyl groups is 2. The van der Waals surface area contributed by atoms with Gasteiger partial charge >= 0.3 is 0 Å². The van der Waals surface area contributed by atoms with Crippen molar-refractivity contribution in [1.29, 1.82) is 0 Å². The molecule has 2 rings (SSSR count). The van der Waals surface area contributed by atoms with Gasteiger partial charge in [0.1, 0.15) is 11.5 Å². The molecule has 0 saturated heterocycles. The van der Waals surface area contributed by atoms with Gasteiger partial charge in [-0.2, -0.15) is 10.2 Å². The number of carbonyl (C=O) groups excluding carboxylic acids is 2. The first-order valence-corrected chi connectivity index (χ1v) is 9.54. The third kappa shape index (κ3) is 7.12. The highest BCUT2D eigenvalue weighted by molar-refractivity contribution is 9.10. The van der Waals surface area contributed by atoms with E-state index >= 15 is 0 Å². The molecule has 0 fully saturated rings. The standard InChI is InChI=1S/C18H16Br2N4O4/c19-13-1-3-15(25)11(7-13)9-21-23-17(27)5-6-18(28)24-22-10-12-8-14(20)2-4-16(12)26/h1-4,7-10,25-26H,5-6H2,(H,23,27)(H,24,28)/b21-9+,22-10+. The molecule has 0 aromatic heterocycles. The van der Waals surface area contributed by atoms with Crippen LogP contribution in [0.5, 0.6) is 11.5 Å². The molecule has 2 aromatic rings. The highest BCUT2D eigenvalue weighted by Crippen LogP contribution is 2.20. The number of halogens is 2. The maximum Gasteiger partial charge on any atom is 0.240 e. The monoisotopic (exact) mass is 510 g/mol. The van der Waals surface area contributed by atoms with Crippen LogP contribution in [0.1, 0.15) is 24.0 Å². The Morgan fingerprint density at radius 1 is 0.821 bits per heavy atom. The zero-order valence-corrected chi connectivity index (χ0v) is 17.6. The van der Waals surface area contributed by atoms with Gasteiger partial charge in [-0.25, -0.2) is 10.9 Å². The second-order valence-electron chi connectivity index (χ2n) is 5.49. The Morgan fingerprint density at radius 3 is 1.61 bits per heavy atom. The van der Waals surface area contributed by atoms with E-state index in [2.05, 4.69) is 52.9 Å². The summed E-state index contributed by atoms with van der Waals surface area (Å²) < 4.78 is 1.51. The predicted molar refractivity (Wildman–Crippen MR) is 112 cm³/mol. The molecular weight excluding hydrogens is 496 g/mol. The van der Waals surface area contributed by atoms with Crippen LogP contribution in [0, 0.1) is 0 Å². The minimum absolute atomic E-state index is 0.0231. The second kappa shape index (κ2) is 10.6. The molecule has 0 aliphatic rings. The van der Waals surface area contributed by atoms with Crippen molar-refractivity contribution in [3.05, 3.63) is 56.5 Å². The summed E-state index contributed by atoms with van der Waals surface area (Å²) in [6, 6.07) is 9.60. The zero-order chi connectivity index (χ0) is 20.5. The minimum Gasteiger partial charge on any atom is -0.507 e. The number of carbonyl (C=O) groups is 2. The number of phenols is 2. The largest absolute Gasteiger partial charge is 0.507 e. The number of nitrogens with one attached hydrogen (secondary N) is 2. The molecule has 2 aromatic carbocycles. The summed E-state index contributed by atoms with van der Waals surface area (Å²) >= 11 is 6.54. The van der Waals surface area contributed by atoms with Crippen LogP contribution < -0.4 is 10.9 Å². The molecule has 0 heterocycles. The Hall–Kier alpha value is -2.72. The fourth-order valence-corrected chi connectivity index (χ4v) is 2.70. The van der Waals surface area contributed by atoms with E-state index in [9.17, 15) is 19.8 Å². The molecule has 10 heteroatoms. The smallest absolute Gasteiger partial charge is 0.240 e. The van der Waals surface area contributed by atoms with Crippen molar-refractivity contribution < 1.29 is 19.8 Å². The number of rotatable bonds is 7. The van der Waals surface area contributed by atoms with E-state index in [0.717, 1.165) is 8.95 Å². The van der Waals surface area contributed by atoms with Gasteiger partial charge in [-0.15, -0.1) is 0 Å². The third-order valence-corrected chi connectivity index (χ3v) is 4.33. The number of hydrogen-bond acceptors (Lipinski definition) is 6. The lowest BCUT2D eigenvalue weighted by atomic mass is 10.2. The summed E-state index contributed by atoms with van der Waals surface area (Å²) in [5.41, 5.74) is 5.41. The third-order valence-electron chi connectivity index (χ3n) is 3.34. The van der Waals surface area contributed by atoms with Gasteiger partial charge in [0.2, 0.25) is 11.8 Å². The Bertz CT molecular complexity index is 856. The number of hydrogen-bond donors (Lipinski definition) is 4. The van der Waals surface area contributed by atoms with E-state index in [-0.39, 0.29) is 24.3 Å². The minimum atomic E-state index is -0.463. The van der Waals surface area contributed by atoms with Crippen LogP contribution in [0.3, 0.4) is 0 Å². The first kappa shape index (κ1) is 21.6. The molecular formula is C18H16Br2N4O4. The Labute approximate surface area is 177 Å². The maximum absolute atomic E-state index is 11.7. The molecule has 0 aliphatic heterocycles. The summed E-state index contributed by atoms with van der Waals surface area (Å²) in [6.45, 7) is 0. The van der Waals surface area contributed by atoms with Crippen molar-refractivity contribution >= 4 is 56.1 Å². The van der Waals surface area contributed by atoms with E-state index in [1.165, 1.54) is 24.6 Å². The van der Waals surface area contributed by atoms with Crippen LogP contribution in [0.25, 0.3) is 0 Å². The van der Waals surface area contributed by atoms with Crippen LogP contribution in [-0.2, 0) is 9.59 Å². The van der Waals surface area contributed by atoms with E-state index in [0.29, 0.717) is 11.1 Å².